The quantitative estimate of drug-likeness (QED) is 0.274. The van der Waals surface area contributed by atoms with E-state index in [0.717, 1.165) is 0 Å². The summed E-state index contributed by atoms with van der Waals surface area (Å²) in [6, 6.07) is -0.807. The molecule has 0 aromatic heterocycles. The Bertz CT molecular complexity index is 155. The van der Waals surface area contributed by atoms with Gasteiger partial charge < -0.3 is 25.5 Å². The van der Waals surface area contributed by atoms with Crippen LogP contribution in [0.3, 0.4) is 0 Å². The number of nitrogens with one attached hydrogen (secondary N) is 1. The maximum Gasteiger partial charge on any atom is 0.134 e. The van der Waals surface area contributed by atoms with E-state index in [0.29, 0.717) is 0 Å². The van der Waals surface area contributed by atoms with Gasteiger partial charge in [-0.15, -0.1) is 12.4 Å². The summed E-state index contributed by atoms with van der Waals surface area (Å²) >= 11 is 0. The van der Waals surface area contributed by atoms with Gasteiger partial charge >= 0.3 is 0 Å². The Hall–Kier alpha value is 0.0500. The van der Waals surface area contributed by atoms with Crippen molar-refractivity contribution in [2.24, 2.45) is 0 Å². The lowest BCUT2D eigenvalue weighted by atomic mass is 9.95. The van der Waals surface area contributed by atoms with Crippen LogP contribution in [0, 0.1) is 0 Å². The predicted octanol–water partition coefficient (Wildman–Crippen LogP) is -3.23. The minimum atomic E-state index is -1.43. The van der Waals surface area contributed by atoms with E-state index >= 15 is 0 Å². The van der Waals surface area contributed by atoms with Crippen molar-refractivity contribution < 1.29 is 25.5 Å². The first-order valence-electron chi connectivity index (χ1n) is 3.67. The summed E-state index contributed by atoms with van der Waals surface area (Å²) in [6.07, 6.45) is -5.45. The van der Waals surface area contributed by atoms with Gasteiger partial charge in [0.1, 0.15) is 24.5 Å². The molecule has 1 unspecified atom stereocenters. The van der Waals surface area contributed by atoms with E-state index in [1.165, 1.54) is 0 Å². The molecule has 0 radical (unpaired) electrons. The molecule has 0 saturated carbocycles. The molecule has 5 atom stereocenters. The van der Waals surface area contributed by atoms with Crippen molar-refractivity contribution in [3.8, 4) is 0 Å². The van der Waals surface area contributed by atoms with Crippen molar-refractivity contribution in [2.45, 2.75) is 30.6 Å². The van der Waals surface area contributed by atoms with Gasteiger partial charge in [-0.05, 0) is 0 Å². The minimum Gasteiger partial charge on any atom is -0.395 e. The highest BCUT2D eigenvalue weighted by molar-refractivity contribution is 5.85. The Morgan fingerprint density at radius 2 is 1.46 bits per heavy atom. The van der Waals surface area contributed by atoms with Crippen molar-refractivity contribution in [3.05, 3.63) is 0 Å². The molecule has 1 aliphatic rings. The second-order valence-electron chi connectivity index (χ2n) is 2.87. The van der Waals surface area contributed by atoms with Gasteiger partial charge in [-0.1, -0.05) is 0 Å². The largest absolute Gasteiger partial charge is 0.395 e. The van der Waals surface area contributed by atoms with Gasteiger partial charge in [0, 0.05) is 0 Å². The van der Waals surface area contributed by atoms with Gasteiger partial charge in [-0.25, -0.2) is 0 Å². The highest BCUT2D eigenvalue weighted by atomic mass is 35.5. The summed E-state index contributed by atoms with van der Waals surface area (Å²) in [5.41, 5.74) is 0. The van der Waals surface area contributed by atoms with Gasteiger partial charge in [-0.3, -0.25) is 5.32 Å². The fourth-order valence-corrected chi connectivity index (χ4v) is 1.20. The SMILES string of the molecule is Cl.OC[C@H]1NC(O)[C@H](O)[C@@H](O)[C@H]1O. The molecule has 0 bridgehead atoms. The van der Waals surface area contributed by atoms with E-state index in [1.807, 2.05) is 0 Å². The fourth-order valence-electron chi connectivity index (χ4n) is 1.20. The first-order valence-corrected chi connectivity index (χ1v) is 3.67. The monoisotopic (exact) mass is 215 g/mol. The molecular weight excluding hydrogens is 202 g/mol. The van der Waals surface area contributed by atoms with Crippen LogP contribution in [0.4, 0.5) is 0 Å². The van der Waals surface area contributed by atoms with Gasteiger partial charge in [0.05, 0.1) is 12.6 Å². The number of aliphatic hydroxyl groups is 5. The number of piperidine rings is 1. The molecule has 6 nitrogen and oxygen atoms in total. The van der Waals surface area contributed by atoms with Gasteiger partial charge in [0.15, 0.2) is 0 Å². The summed E-state index contributed by atoms with van der Waals surface area (Å²) in [7, 11) is 0. The molecule has 1 saturated heterocycles. The lowest BCUT2D eigenvalue weighted by Crippen LogP contribution is -2.65. The topological polar surface area (TPSA) is 113 Å². The van der Waals surface area contributed by atoms with E-state index in [2.05, 4.69) is 5.32 Å². The van der Waals surface area contributed by atoms with Crippen LogP contribution in [0.5, 0.6) is 0 Å². The maximum absolute atomic E-state index is 9.18. The Kier molecular flexibility index (Phi) is 5.08. The van der Waals surface area contributed by atoms with Gasteiger partial charge in [0.2, 0.25) is 0 Å². The van der Waals surface area contributed by atoms with Crippen LogP contribution < -0.4 is 5.32 Å². The number of hydrogen-bond donors (Lipinski definition) is 6. The highest BCUT2D eigenvalue weighted by Gasteiger charge is 2.40. The van der Waals surface area contributed by atoms with Crippen molar-refractivity contribution >= 4 is 12.4 Å². The van der Waals surface area contributed by atoms with Crippen molar-refractivity contribution in [3.63, 3.8) is 0 Å². The zero-order chi connectivity index (χ0) is 9.30. The average Bonchev–Trinajstić information content (AvgIpc) is 2.08. The second kappa shape index (κ2) is 5.06. The van der Waals surface area contributed by atoms with Crippen LogP contribution in [0.1, 0.15) is 0 Å². The molecule has 0 amide bonds. The van der Waals surface area contributed by atoms with E-state index in [4.69, 9.17) is 20.4 Å². The standard InChI is InChI=1S/C6H13NO5.ClH/c8-1-2-3(9)4(10)5(11)6(12)7-2;/h2-12H,1H2;1H/t2-,3+,4+,5-,6?;/m1./s1. The molecule has 1 fully saturated rings. The molecule has 0 spiro atoms. The van der Waals surface area contributed by atoms with Crippen LogP contribution >= 0.6 is 12.4 Å². The summed E-state index contributed by atoms with van der Waals surface area (Å²) in [6.45, 7) is -0.415. The number of hydrogen-bond acceptors (Lipinski definition) is 6. The van der Waals surface area contributed by atoms with Crippen LogP contribution in [0.15, 0.2) is 0 Å². The lowest BCUT2D eigenvalue weighted by Gasteiger charge is -2.38. The summed E-state index contributed by atoms with van der Waals surface area (Å²) < 4.78 is 0. The predicted molar refractivity (Wildman–Crippen MR) is 45.3 cm³/mol. The van der Waals surface area contributed by atoms with Crippen LogP contribution in [0.25, 0.3) is 0 Å². The normalized spacial score (nSPS) is 45.5. The molecule has 1 heterocycles. The van der Waals surface area contributed by atoms with E-state index in [9.17, 15) is 5.11 Å². The smallest absolute Gasteiger partial charge is 0.134 e. The van der Waals surface area contributed by atoms with Crippen molar-refractivity contribution in [1.82, 2.24) is 5.32 Å². The Morgan fingerprint density at radius 1 is 0.923 bits per heavy atom. The van der Waals surface area contributed by atoms with Crippen LogP contribution in [0.2, 0.25) is 0 Å². The van der Waals surface area contributed by atoms with Crippen LogP contribution in [-0.4, -0.2) is 62.7 Å². The molecule has 0 aliphatic carbocycles. The fraction of sp³-hybridized carbons (Fsp3) is 1.00. The molecule has 1 rings (SSSR count). The first kappa shape index (κ1) is 13.1. The van der Waals surface area contributed by atoms with Crippen molar-refractivity contribution in [1.29, 1.82) is 0 Å². The Morgan fingerprint density at radius 3 is 1.92 bits per heavy atom. The third kappa shape index (κ3) is 2.50. The molecule has 1 aliphatic heterocycles. The molecule has 7 heteroatoms. The second-order valence-corrected chi connectivity index (χ2v) is 2.87. The highest BCUT2D eigenvalue weighted by Crippen LogP contribution is 2.13. The Labute approximate surface area is 81.2 Å². The third-order valence-electron chi connectivity index (χ3n) is 2.02. The number of halogens is 1. The molecule has 6 N–H and O–H groups in total. The summed E-state index contributed by atoms with van der Waals surface area (Å²) in [4.78, 5) is 0. The summed E-state index contributed by atoms with van der Waals surface area (Å²) in [5.74, 6) is 0. The molecule has 80 valence electrons. The molecule has 13 heavy (non-hydrogen) atoms. The zero-order valence-electron chi connectivity index (χ0n) is 6.74. The van der Waals surface area contributed by atoms with Gasteiger partial charge in [-0.2, -0.15) is 0 Å². The number of rotatable bonds is 1. The molecule has 0 aromatic carbocycles. The third-order valence-corrected chi connectivity index (χ3v) is 2.02. The summed E-state index contributed by atoms with van der Waals surface area (Å²) in [5, 5.41) is 47.3. The van der Waals surface area contributed by atoms with E-state index < -0.39 is 37.2 Å². The first-order chi connectivity index (χ1) is 5.57. The van der Waals surface area contributed by atoms with E-state index in [-0.39, 0.29) is 12.4 Å². The minimum absolute atomic E-state index is 0. The number of aliphatic hydroxyl groups excluding tert-OH is 5. The zero-order valence-corrected chi connectivity index (χ0v) is 7.55. The maximum atomic E-state index is 9.18. The molecular formula is C6H14ClNO5. The lowest BCUT2D eigenvalue weighted by molar-refractivity contribution is -0.161. The van der Waals surface area contributed by atoms with E-state index in [1.54, 1.807) is 0 Å². The molecule has 0 aromatic rings. The average molecular weight is 216 g/mol. The van der Waals surface area contributed by atoms with Gasteiger partial charge in [0.25, 0.3) is 0 Å². The Balaban J connectivity index is 0.00000144. The van der Waals surface area contributed by atoms with Crippen LogP contribution in [-0.2, 0) is 0 Å². The van der Waals surface area contributed by atoms with Crippen molar-refractivity contribution in [2.75, 3.05) is 6.61 Å².